The van der Waals surface area contributed by atoms with Crippen LogP contribution in [0, 0.1) is 0 Å². The van der Waals surface area contributed by atoms with Crippen LogP contribution in [0.1, 0.15) is 27.7 Å². The van der Waals surface area contributed by atoms with E-state index in [0.29, 0.717) is 5.82 Å². The Bertz CT molecular complexity index is 722. The molecule has 132 valence electrons. The Morgan fingerprint density at radius 1 is 1.04 bits per heavy atom. The second-order valence-corrected chi connectivity index (χ2v) is 6.66. The van der Waals surface area contributed by atoms with Crippen LogP contribution < -0.4 is 10.6 Å². The summed E-state index contributed by atoms with van der Waals surface area (Å²) >= 11 is 0. The van der Waals surface area contributed by atoms with E-state index >= 15 is 0 Å². The molecule has 2 N–H and O–H groups in total. The predicted molar refractivity (Wildman–Crippen MR) is 97.1 cm³/mol. The molecule has 0 aliphatic carbocycles. The Kier molecular flexibility index (Phi) is 5.75. The summed E-state index contributed by atoms with van der Waals surface area (Å²) in [5, 5.41) is 5.16. The number of benzene rings is 1. The Balaban J connectivity index is 1.93. The number of nitrogens with zero attached hydrogens (tertiary/aromatic N) is 1. The molecule has 2 aromatic rings. The van der Waals surface area contributed by atoms with Crippen LogP contribution in [0.4, 0.5) is 10.6 Å². The van der Waals surface area contributed by atoms with E-state index in [1.165, 1.54) is 0 Å². The normalized spacial score (nSPS) is 12.2. The van der Waals surface area contributed by atoms with Crippen LogP contribution in [0.15, 0.2) is 48.7 Å². The van der Waals surface area contributed by atoms with E-state index in [4.69, 9.17) is 4.74 Å². The van der Waals surface area contributed by atoms with E-state index in [9.17, 15) is 9.59 Å². The topological polar surface area (TPSA) is 80.3 Å². The first-order valence-electron chi connectivity index (χ1n) is 8.06. The fourth-order valence-corrected chi connectivity index (χ4v) is 2.05. The van der Waals surface area contributed by atoms with Crippen molar-refractivity contribution in [1.82, 2.24) is 10.3 Å². The third-order valence-electron chi connectivity index (χ3n) is 3.25. The average Bonchev–Trinajstić information content (AvgIpc) is 2.54. The number of carbonyl (C=O) groups excluding carboxylic acids is 2. The molecular formula is C19H23N3O3. The van der Waals surface area contributed by atoms with Crippen molar-refractivity contribution < 1.29 is 14.3 Å². The monoisotopic (exact) mass is 341 g/mol. The SMILES string of the molecule is C[C@@H](NC(=O)OC(C)(C)C)C(=O)Nc1ccc(-c2ccccc2)cn1. The molecule has 2 rings (SSSR count). The molecule has 25 heavy (non-hydrogen) atoms. The summed E-state index contributed by atoms with van der Waals surface area (Å²) < 4.78 is 5.13. The summed E-state index contributed by atoms with van der Waals surface area (Å²) in [4.78, 5) is 28.1. The lowest BCUT2D eigenvalue weighted by molar-refractivity contribution is -0.117. The van der Waals surface area contributed by atoms with Gasteiger partial charge in [-0.2, -0.15) is 0 Å². The number of amides is 2. The lowest BCUT2D eigenvalue weighted by Gasteiger charge is -2.21. The van der Waals surface area contributed by atoms with Crippen molar-refractivity contribution in [2.24, 2.45) is 0 Å². The van der Waals surface area contributed by atoms with E-state index in [1.807, 2.05) is 36.4 Å². The zero-order valence-electron chi connectivity index (χ0n) is 14.9. The third-order valence-corrected chi connectivity index (χ3v) is 3.25. The average molecular weight is 341 g/mol. The highest BCUT2D eigenvalue weighted by Gasteiger charge is 2.21. The summed E-state index contributed by atoms with van der Waals surface area (Å²) in [6.07, 6.45) is 1.05. The first kappa shape index (κ1) is 18.4. The second kappa shape index (κ2) is 7.79. The molecule has 0 fully saturated rings. The molecule has 0 radical (unpaired) electrons. The number of anilines is 1. The molecule has 2 amide bonds. The van der Waals surface area contributed by atoms with Crippen molar-refractivity contribution in [3.8, 4) is 11.1 Å². The van der Waals surface area contributed by atoms with Gasteiger partial charge in [0.15, 0.2) is 0 Å². The Morgan fingerprint density at radius 2 is 1.72 bits per heavy atom. The Morgan fingerprint density at radius 3 is 2.28 bits per heavy atom. The van der Waals surface area contributed by atoms with Gasteiger partial charge in [-0.3, -0.25) is 4.79 Å². The second-order valence-electron chi connectivity index (χ2n) is 6.66. The highest BCUT2D eigenvalue weighted by atomic mass is 16.6. The van der Waals surface area contributed by atoms with Crippen molar-refractivity contribution in [2.75, 3.05) is 5.32 Å². The highest BCUT2D eigenvalue weighted by Crippen LogP contribution is 2.19. The minimum atomic E-state index is -0.745. The van der Waals surface area contributed by atoms with E-state index in [0.717, 1.165) is 11.1 Å². The number of aromatic nitrogens is 1. The molecule has 0 saturated heterocycles. The van der Waals surface area contributed by atoms with Crippen LogP contribution in [-0.4, -0.2) is 28.6 Å². The van der Waals surface area contributed by atoms with E-state index < -0.39 is 17.7 Å². The lowest BCUT2D eigenvalue weighted by atomic mass is 10.1. The van der Waals surface area contributed by atoms with Crippen molar-refractivity contribution >= 4 is 17.8 Å². The van der Waals surface area contributed by atoms with Crippen molar-refractivity contribution in [2.45, 2.75) is 39.3 Å². The maximum absolute atomic E-state index is 12.1. The molecule has 0 unspecified atom stereocenters. The zero-order chi connectivity index (χ0) is 18.4. The number of rotatable bonds is 4. The van der Waals surface area contributed by atoms with Gasteiger partial charge in [0, 0.05) is 11.8 Å². The van der Waals surface area contributed by atoms with Gasteiger partial charge in [0.2, 0.25) is 5.91 Å². The van der Waals surface area contributed by atoms with Gasteiger partial charge in [-0.05, 0) is 45.4 Å². The number of ether oxygens (including phenoxy) is 1. The highest BCUT2D eigenvalue weighted by molar-refractivity contribution is 5.95. The first-order valence-corrected chi connectivity index (χ1v) is 8.06. The molecular weight excluding hydrogens is 318 g/mol. The fraction of sp³-hybridized carbons (Fsp3) is 0.316. The van der Waals surface area contributed by atoms with E-state index in [-0.39, 0.29) is 5.91 Å². The summed E-state index contributed by atoms with van der Waals surface area (Å²) in [5.74, 6) is 0.0494. The van der Waals surface area contributed by atoms with Gasteiger partial charge in [0.25, 0.3) is 0 Å². The molecule has 0 aliphatic rings. The number of hydrogen-bond acceptors (Lipinski definition) is 4. The van der Waals surface area contributed by atoms with Gasteiger partial charge in [-0.25, -0.2) is 9.78 Å². The molecule has 0 bridgehead atoms. The number of nitrogens with one attached hydrogen (secondary N) is 2. The minimum absolute atomic E-state index is 0.370. The van der Waals surface area contributed by atoms with Crippen LogP contribution in [0.5, 0.6) is 0 Å². The van der Waals surface area contributed by atoms with Crippen LogP contribution >= 0.6 is 0 Å². The molecule has 0 aliphatic heterocycles. The largest absolute Gasteiger partial charge is 0.444 e. The smallest absolute Gasteiger partial charge is 0.408 e. The molecule has 1 aromatic heterocycles. The molecule has 1 atom stereocenters. The molecule has 1 aromatic carbocycles. The Hall–Kier alpha value is -2.89. The number of carbonyl (C=O) groups is 2. The summed E-state index contributed by atoms with van der Waals surface area (Å²) in [6, 6.07) is 12.7. The minimum Gasteiger partial charge on any atom is -0.444 e. The quantitative estimate of drug-likeness (QED) is 0.890. The fourth-order valence-electron chi connectivity index (χ4n) is 2.05. The first-order chi connectivity index (χ1) is 11.7. The molecule has 0 spiro atoms. The summed E-state index contributed by atoms with van der Waals surface area (Å²) in [7, 11) is 0. The maximum Gasteiger partial charge on any atom is 0.408 e. The van der Waals surface area contributed by atoms with Gasteiger partial charge in [-0.15, -0.1) is 0 Å². The summed E-state index contributed by atoms with van der Waals surface area (Å²) in [6.45, 7) is 6.86. The lowest BCUT2D eigenvalue weighted by Crippen LogP contribution is -2.44. The molecule has 6 nitrogen and oxygen atoms in total. The van der Waals surface area contributed by atoms with Gasteiger partial charge in [0.05, 0.1) is 0 Å². The van der Waals surface area contributed by atoms with Crippen LogP contribution in [0.3, 0.4) is 0 Å². The van der Waals surface area contributed by atoms with Crippen molar-refractivity contribution in [3.63, 3.8) is 0 Å². The number of pyridine rings is 1. The van der Waals surface area contributed by atoms with Gasteiger partial charge < -0.3 is 15.4 Å². The molecule has 0 saturated carbocycles. The van der Waals surface area contributed by atoms with Gasteiger partial charge in [-0.1, -0.05) is 30.3 Å². The summed E-state index contributed by atoms with van der Waals surface area (Å²) in [5.41, 5.74) is 1.39. The maximum atomic E-state index is 12.1. The zero-order valence-corrected chi connectivity index (χ0v) is 14.9. The Labute approximate surface area is 147 Å². The predicted octanol–water partition coefficient (Wildman–Crippen LogP) is 3.60. The molecule has 1 heterocycles. The van der Waals surface area contributed by atoms with E-state index in [2.05, 4.69) is 15.6 Å². The van der Waals surface area contributed by atoms with Crippen LogP contribution in [-0.2, 0) is 9.53 Å². The van der Waals surface area contributed by atoms with Crippen molar-refractivity contribution in [3.05, 3.63) is 48.7 Å². The van der Waals surface area contributed by atoms with Crippen molar-refractivity contribution in [1.29, 1.82) is 0 Å². The number of alkyl carbamates (subject to hydrolysis) is 1. The standard InChI is InChI=1S/C19H23N3O3/c1-13(21-18(24)25-19(2,3)4)17(23)22-16-11-10-15(12-20-16)14-8-6-5-7-9-14/h5-13H,1-4H3,(H,21,24)(H,20,22,23)/t13-/m1/s1. The van der Waals surface area contributed by atoms with E-state index in [1.54, 1.807) is 40.0 Å². The van der Waals surface area contributed by atoms with Gasteiger partial charge in [0.1, 0.15) is 17.5 Å². The number of hydrogen-bond donors (Lipinski definition) is 2. The third kappa shape index (κ3) is 5.91. The van der Waals surface area contributed by atoms with Crippen LogP contribution in [0.25, 0.3) is 11.1 Å². The van der Waals surface area contributed by atoms with Gasteiger partial charge >= 0.3 is 6.09 Å². The molecule has 6 heteroatoms. The van der Waals surface area contributed by atoms with Crippen LogP contribution in [0.2, 0.25) is 0 Å².